The van der Waals surface area contributed by atoms with Gasteiger partial charge in [-0.25, -0.2) is 4.79 Å². The first-order chi connectivity index (χ1) is 14.9. The van der Waals surface area contributed by atoms with Crippen LogP contribution in [0.1, 0.15) is 40.0 Å². The summed E-state index contributed by atoms with van der Waals surface area (Å²) in [6, 6.07) is 0. The number of hydrogen-bond acceptors (Lipinski definition) is 11. The number of ether oxygens (including phenoxy) is 4. The summed E-state index contributed by atoms with van der Waals surface area (Å²) < 4.78 is 21.4. The molecule has 3 aliphatic rings. The van der Waals surface area contributed by atoms with Crippen molar-refractivity contribution in [1.29, 1.82) is 0 Å². The molecule has 2 saturated heterocycles. The highest BCUT2D eigenvalue weighted by atomic mass is 16.7. The summed E-state index contributed by atoms with van der Waals surface area (Å²) >= 11 is 0. The Labute approximate surface area is 186 Å². The van der Waals surface area contributed by atoms with Gasteiger partial charge in [-0.15, -0.1) is 0 Å². The van der Waals surface area contributed by atoms with E-state index in [2.05, 4.69) is 0 Å². The van der Waals surface area contributed by atoms with E-state index in [4.69, 9.17) is 18.9 Å². The highest BCUT2D eigenvalue weighted by molar-refractivity contribution is 5.91. The Balaban J connectivity index is 1.66. The molecular weight excluding hydrogens is 428 g/mol. The van der Waals surface area contributed by atoms with Crippen molar-refractivity contribution in [3.8, 4) is 0 Å². The molecule has 1 aliphatic carbocycles. The van der Waals surface area contributed by atoms with E-state index >= 15 is 0 Å². The molecule has 0 aromatic rings. The van der Waals surface area contributed by atoms with Crippen LogP contribution in [-0.4, -0.2) is 105 Å². The number of esters is 1. The van der Waals surface area contributed by atoms with Gasteiger partial charge in [0.2, 0.25) is 6.29 Å². The van der Waals surface area contributed by atoms with Crippen LogP contribution in [0.3, 0.4) is 0 Å². The normalized spacial score (nSPS) is 42.6. The van der Waals surface area contributed by atoms with Gasteiger partial charge in [0.15, 0.2) is 6.29 Å². The Hall–Kier alpha value is -1.15. The molecule has 6 N–H and O–H groups in total. The molecule has 0 saturated carbocycles. The Bertz CT molecular complexity index is 708. The quantitative estimate of drug-likeness (QED) is 0.257. The van der Waals surface area contributed by atoms with E-state index in [1.807, 2.05) is 20.8 Å². The van der Waals surface area contributed by atoms with Crippen LogP contribution in [0.5, 0.6) is 0 Å². The van der Waals surface area contributed by atoms with Crippen molar-refractivity contribution in [2.45, 2.75) is 95.3 Å². The van der Waals surface area contributed by atoms with Crippen molar-refractivity contribution in [3.63, 3.8) is 0 Å². The molecule has 9 atom stereocenters. The highest BCUT2D eigenvalue weighted by Gasteiger charge is 2.47. The van der Waals surface area contributed by atoms with Crippen molar-refractivity contribution >= 4 is 5.97 Å². The molecule has 0 aromatic carbocycles. The zero-order valence-electron chi connectivity index (χ0n) is 18.5. The fraction of sp³-hybridized carbons (Fsp3) is 0.857. The molecule has 2 fully saturated rings. The maximum atomic E-state index is 12.9. The van der Waals surface area contributed by atoms with Gasteiger partial charge >= 0.3 is 5.97 Å². The molecule has 2 aliphatic heterocycles. The third kappa shape index (κ3) is 5.16. The van der Waals surface area contributed by atoms with Crippen LogP contribution in [-0.2, 0) is 23.7 Å². The summed E-state index contributed by atoms with van der Waals surface area (Å²) in [7, 11) is 0. The molecule has 0 spiro atoms. The van der Waals surface area contributed by atoms with Gasteiger partial charge in [-0.1, -0.05) is 19.4 Å². The summed E-state index contributed by atoms with van der Waals surface area (Å²) in [6.45, 7) is 5.02. The summed E-state index contributed by atoms with van der Waals surface area (Å²) in [5, 5.41) is 60.0. The van der Waals surface area contributed by atoms with Gasteiger partial charge in [0.05, 0.1) is 13.2 Å². The van der Waals surface area contributed by atoms with Crippen LogP contribution >= 0.6 is 0 Å². The molecule has 2 heterocycles. The van der Waals surface area contributed by atoms with Gasteiger partial charge in [0.1, 0.15) is 42.7 Å². The largest absolute Gasteiger partial charge is 0.429 e. The van der Waals surface area contributed by atoms with Crippen LogP contribution in [0.15, 0.2) is 11.1 Å². The minimum absolute atomic E-state index is 0.275. The van der Waals surface area contributed by atoms with Crippen LogP contribution in [0.4, 0.5) is 0 Å². The van der Waals surface area contributed by atoms with Gasteiger partial charge in [-0.3, -0.25) is 0 Å². The number of aliphatic hydroxyl groups is 6. The van der Waals surface area contributed by atoms with Crippen LogP contribution in [0.2, 0.25) is 0 Å². The molecule has 11 heteroatoms. The number of aliphatic hydroxyl groups excluding tert-OH is 6. The van der Waals surface area contributed by atoms with Crippen molar-refractivity contribution in [1.82, 2.24) is 0 Å². The second-order valence-corrected chi connectivity index (χ2v) is 9.40. The third-order valence-electron chi connectivity index (χ3n) is 6.43. The minimum Gasteiger partial charge on any atom is -0.429 e. The van der Waals surface area contributed by atoms with Crippen molar-refractivity contribution < 1.29 is 54.4 Å². The number of allylic oxidation sites excluding steroid dienone is 1. The standard InChI is InChI=1S/C21H34O11/c1-9-5-4-6-21(2,3)12(9)18(28)32-20-17(27)15(25)14(24)11(31-20)8-30-19-16(26)13(23)10(22)7-29-19/h10-11,13-17,19-20,22-27H,4-8H2,1-3H3/t10-,11-,13-,14-,15+,16+,17-,19+,20+/m1/s1. The monoisotopic (exact) mass is 462 g/mol. The maximum Gasteiger partial charge on any atom is 0.336 e. The molecule has 0 radical (unpaired) electrons. The molecule has 0 aromatic heterocycles. The summed E-state index contributed by atoms with van der Waals surface area (Å²) in [4.78, 5) is 12.9. The highest BCUT2D eigenvalue weighted by Crippen LogP contribution is 2.41. The molecular formula is C21H34O11. The summed E-state index contributed by atoms with van der Waals surface area (Å²) in [6.07, 6.45) is -10.9. The molecule has 32 heavy (non-hydrogen) atoms. The van der Waals surface area contributed by atoms with Crippen molar-refractivity contribution in [2.24, 2.45) is 5.41 Å². The zero-order chi connectivity index (χ0) is 23.8. The second-order valence-electron chi connectivity index (χ2n) is 9.40. The van der Waals surface area contributed by atoms with Gasteiger partial charge in [0.25, 0.3) is 0 Å². The molecule has 11 nitrogen and oxygen atoms in total. The fourth-order valence-corrected chi connectivity index (χ4v) is 4.51. The average Bonchev–Trinajstić information content (AvgIpc) is 2.72. The first-order valence-electron chi connectivity index (χ1n) is 10.8. The number of carbonyl (C=O) groups excluding carboxylic acids is 1. The lowest BCUT2D eigenvalue weighted by molar-refractivity contribution is -0.314. The van der Waals surface area contributed by atoms with E-state index in [-0.39, 0.29) is 6.61 Å². The van der Waals surface area contributed by atoms with E-state index in [0.29, 0.717) is 5.57 Å². The van der Waals surface area contributed by atoms with Crippen LogP contribution in [0.25, 0.3) is 0 Å². The fourth-order valence-electron chi connectivity index (χ4n) is 4.51. The summed E-state index contributed by atoms with van der Waals surface area (Å²) in [5.41, 5.74) is 0.972. The second kappa shape index (κ2) is 10.00. The predicted molar refractivity (Wildman–Crippen MR) is 107 cm³/mol. The minimum atomic E-state index is -1.69. The molecule has 0 unspecified atom stereocenters. The molecule has 184 valence electrons. The summed E-state index contributed by atoms with van der Waals surface area (Å²) in [5.74, 6) is -0.664. The van der Waals surface area contributed by atoms with E-state index in [1.54, 1.807) is 0 Å². The lowest BCUT2D eigenvalue weighted by Gasteiger charge is -2.41. The number of hydrogen-bond donors (Lipinski definition) is 6. The number of carbonyl (C=O) groups is 1. The van der Waals surface area contributed by atoms with E-state index in [0.717, 1.165) is 24.8 Å². The van der Waals surface area contributed by atoms with Gasteiger partial charge in [-0.05, 0) is 31.6 Å². The first kappa shape index (κ1) is 25.5. The Kier molecular flexibility index (Phi) is 7.96. The van der Waals surface area contributed by atoms with Gasteiger partial charge < -0.3 is 49.6 Å². The molecule has 0 amide bonds. The Morgan fingerprint density at radius 3 is 2.31 bits per heavy atom. The van der Waals surface area contributed by atoms with E-state index in [9.17, 15) is 35.4 Å². The Morgan fingerprint density at radius 1 is 1.00 bits per heavy atom. The van der Waals surface area contributed by atoms with Crippen molar-refractivity contribution in [2.75, 3.05) is 13.2 Å². The molecule has 0 bridgehead atoms. The maximum absolute atomic E-state index is 12.9. The van der Waals surface area contributed by atoms with E-state index in [1.165, 1.54) is 0 Å². The lowest BCUT2D eigenvalue weighted by atomic mass is 9.73. The Morgan fingerprint density at radius 2 is 1.66 bits per heavy atom. The molecule has 3 rings (SSSR count). The average molecular weight is 462 g/mol. The zero-order valence-corrected chi connectivity index (χ0v) is 18.5. The third-order valence-corrected chi connectivity index (χ3v) is 6.43. The predicted octanol–water partition coefficient (Wildman–Crippen LogP) is -1.68. The SMILES string of the molecule is CC1=C(C(=O)O[C@@H]2O[C@H](CO[C@@H]3OC[C@@H](O)[C@@H](O)[C@@H]3O)[C@@H](O)[C@H](O)[C@H]2O)C(C)(C)CCC1. The first-order valence-corrected chi connectivity index (χ1v) is 10.8. The number of rotatable bonds is 5. The van der Waals surface area contributed by atoms with Gasteiger partial charge in [0, 0.05) is 5.57 Å². The van der Waals surface area contributed by atoms with Crippen LogP contribution < -0.4 is 0 Å². The van der Waals surface area contributed by atoms with Crippen LogP contribution in [0, 0.1) is 5.41 Å². The topological polar surface area (TPSA) is 175 Å². The van der Waals surface area contributed by atoms with Crippen molar-refractivity contribution in [3.05, 3.63) is 11.1 Å². The van der Waals surface area contributed by atoms with Gasteiger partial charge in [-0.2, -0.15) is 0 Å². The lowest BCUT2D eigenvalue weighted by Crippen LogP contribution is -2.60. The smallest absolute Gasteiger partial charge is 0.336 e. The van der Waals surface area contributed by atoms with E-state index < -0.39 is 73.3 Å².